The van der Waals surface area contributed by atoms with Crippen LogP contribution in [0, 0.1) is 27.7 Å². The van der Waals surface area contributed by atoms with E-state index in [1.54, 1.807) is 0 Å². The number of rotatable bonds is 8. The molecule has 2 heterocycles. The minimum atomic E-state index is 0.127. The Labute approximate surface area is 249 Å². The number of pyridine rings is 1. The number of piperidine rings is 1. The summed E-state index contributed by atoms with van der Waals surface area (Å²) < 4.78 is 12.4. The zero-order valence-corrected chi connectivity index (χ0v) is 27.3. The predicted octanol–water partition coefficient (Wildman–Crippen LogP) is 8.75. The summed E-state index contributed by atoms with van der Waals surface area (Å²) in [5, 5.41) is 0. The van der Waals surface area contributed by atoms with Gasteiger partial charge in [0.1, 0.15) is 24.7 Å². The molecular weight excluding hydrogens is 504 g/mol. The average molecular weight is 557 g/mol. The number of hydrogen-bond acceptors (Lipinski definition) is 4. The lowest BCUT2D eigenvalue weighted by Gasteiger charge is -2.32. The van der Waals surface area contributed by atoms with Gasteiger partial charge in [0.2, 0.25) is 0 Å². The molecule has 4 nitrogen and oxygen atoms in total. The van der Waals surface area contributed by atoms with Crippen molar-refractivity contribution in [3.63, 3.8) is 0 Å². The molecule has 0 atom stereocenters. The van der Waals surface area contributed by atoms with Crippen molar-refractivity contribution >= 4 is 0 Å². The second kappa shape index (κ2) is 12.6. The third-order valence-corrected chi connectivity index (χ3v) is 8.47. The number of benzene rings is 2. The fourth-order valence-electron chi connectivity index (χ4n) is 7.15. The molecule has 0 radical (unpaired) electrons. The molecule has 0 saturated carbocycles. The Morgan fingerprint density at radius 1 is 0.732 bits per heavy atom. The van der Waals surface area contributed by atoms with E-state index in [0.29, 0.717) is 12.5 Å². The molecule has 41 heavy (non-hydrogen) atoms. The molecule has 0 spiro atoms. The lowest BCUT2D eigenvalue weighted by atomic mass is 9.81. The number of likely N-dealkylation sites (tertiary alicyclic amines) is 1. The van der Waals surface area contributed by atoms with Crippen molar-refractivity contribution < 1.29 is 9.47 Å². The van der Waals surface area contributed by atoms with Crippen molar-refractivity contribution in [3.05, 3.63) is 87.2 Å². The molecule has 1 aromatic heterocycles. The largest absolute Gasteiger partial charge is 0.492 e. The SMILES string of the molecule is Cc1cc(OCCN2CCC(c3ccnc(COc4cc(C)c(C(C)(C)C)c(C)c4)c3)CC2)cc(C)c1C(C)(C)C. The fraction of sp³-hybridized carbons (Fsp3) is 0.541. The maximum atomic E-state index is 6.21. The van der Waals surface area contributed by atoms with Crippen LogP contribution in [-0.4, -0.2) is 36.1 Å². The van der Waals surface area contributed by atoms with E-state index in [2.05, 4.69) is 116 Å². The van der Waals surface area contributed by atoms with Crippen LogP contribution in [-0.2, 0) is 17.4 Å². The molecule has 1 fully saturated rings. The number of ether oxygens (including phenoxy) is 2. The van der Waals surface area contributed by atoms with Gasteiger partial charge < -0.3 is 9.47 Å². The Kier molecular flexibility index (Phi) is 9.53. The zero-order chi connectivity index (χ0) is 29.9. The molecule has 0 aliphatic carbocycles. The van der Waals surface area contributed by atoms with Gasteiger partial charge in [-0.2, -0.15) is 0 Å². The van der Waals surface area contributed by atoms with Gasteiger partial charge in [0.05, 0.1) is 5.69 Å². The molecular formula is C37H52N2O2. The van der Waals surface area contributed by atoms with Crippen molar-refractivity contribution in [1.29, 1.82) is 0 Å². The van der Waals surface area contributed by atoms with E-state index in [4.69, 9.17) is 9.47 Å². The normalized spacial score (nSPS) is 15.3. The van der Waals surface area contributed by atoms with Crippen LogP contribution in [0.3, 0.4) is 0 Å². The van der Waals surface area contributed by atoms with Crippen molar-refractivity contribution in [2.24, 2.45) is 0 Å². The van der Waals surface area contributed by atoms with E-state index < -0.39 is 0 Å². The first-order valence-electron chi connectivity index (χ1n) is 15.4. The van der Waals surface area contributed by atoms with Gasteiger partial charge in [0.25, 0.3) is 0 Å². The number of aromatic nitrogens is 1. The minimum absolute atomic E-state index is 0.127. The monoisotopic (exact) mass is 556 g/mol. The summed E-state index contributed by atoms with van der Waals surface area (Å²) in [6.45, 7) is 26.8. The third-order valence-electron chi connectivity index (χ3n) is 8.47. The summed E-state index contributed by atoms with van der Waals surface area (Å²) in [6.07, 6.45) is 4.27. The van der Waals surface area contributed by atoms with Crippen LogP contribution >= 0.6 is 0 Å². The van der Waals surface area contributed by atoms with Crippen LogP contribution in [0.25, 0.3) is 0 Å². The summed E-state index contributed by atoms with van der Waals surface area (Å²) in [7, 11) is 0. The Morgan fingerprint density at radius 3 is 1.71 bits per heavy atom. The van der Waals surface area contributed by atoms with Gasteiger partial charge in [0, 0.05) is 12.7 Å². The highest BCUT2D eigenvalue weighted by molar-refractivity contribution is 5.45. The highest BCUT2D eigenvalue weighted by Gasteiger charge is 2.23. The van der Waals surface area contributed by atoms with Gasteiger partial charge in [-0.25, -0.2) is 0 Å². The first kappa shape index (κ1) is 31.1. The Bertz CT molecular complexity index is 1290. The van der Waals surface area contributed by atoms with E-state index in [1.165, 1.54) is 38.9 Å². The summed E-state index contributed by atoms with van der Waals surface area (Å²) in [5.41, 5.74) is 10.7. The molecule has 2 aromatic carbocycles. The van der Waals surface area contributed by atoms with Gasteiger partial charge in [-0.05, 0) is 146 Å². The molecule has 1 saturated heterocycles. The highest BCUT2D eigenvalue weighted by Crippen LogP contribution is 2.34. The summed E-state index contributed by atoms with van der Waals surface area (Å²) in [5.74, 6) is 2.48. The quantitative estimate of drug-likeness (QED) is 0.278. The third kappa shape index (κ3) is 7.92. The van der Waals surface area contributed by atoms with Gasteiger partial charge in [0.15, 0.2) is 0 Å². The van der Waals surface area contributed by atoms with Gasteiger partial charge in [-0.3, -0.25) is 9.88 Å². The second-order valence-electron chi connectivity index (χ2n) is 14.2. The van der Waals surface area contributed by atoms with Gasteiger partial charge >= 0.3 is 0 Å². The van der Waals surface area contributed by atoms with Crippen LogP contribution in [0.5, 0.6) is 11.5 Å². The lowest BCUT2D eigenvalue weighted by molar-refractivity contribution is 0.173. The highest BCUT2D eigenvalue weighted by atomic mass is 16.5. The van der Waals surface area contributed by atoms with Crippen molar-refractivity contribution in [3.8, 4) is 11.5 Å². The molecule has 0 bridgehead atoms. The van der Waals surface area contributed by atoms with Gasteiger partial charge in [-0.1, -0.05) is 41.5 Å². The zero-order valence-electron chi connectivity index (χ0n) is 27.3. The average Bonchev–Trinajstić information content (AvgIpc) is 2.85. The van der Waals surface area contributed by atoms with Crippen molar-refractivity contribution in [2.45, 2.75) is 105 Å². The predicted molar refractivity (Wildman–Crippen MR) is 172 cm³/mol. The first-order chi connectivity index (χ1) is 19.2. The van der Waals surface area contributed by atoms with E-state index >= 15 is 0 Å². The van der Waals surface area contributed by atoms with E-state index in [-0.39, 0.29) is 10.8 Å². The van der Waals surface area contributed by atoms with E-state index in [1.807, 2.05) is 6.20 Å². The lowest BCUT2D eigenvalue weighted by Crippen LogP contribution is -2.35. The summed E-state index contributed by atoms with van der Waals surface area (Å²) in [4.78, 5) is 7.15. The summed E-state index contributed by atoms with van der Waals surface area (Å²) in [6, 6.07) is 13.2. The van der Waals surface area contributed by atoms with Crippen LogP contribution in [0.2, 0.25) is 0 Å². The Morgan fingerprint density at radius 2 is 1.22 bits per heavy atom. The topological polar surface area (TPSA) is 34.6 Å². The number of aryl methyl sites for hydroxylation is 4. The summed E-state index contributed by atoms with van der Waals surface area (Å²) >= 11 is 0. The van der Waals surface area contributed by atoms with Gasteiger partial charge in [-0.15, -0.1) is 0 Å². The molecule has 0 unspecified atom stereocenters. The smallest absolute Gasteiger partial charge is 0.130 e. The first-order valence-corrected chi connectivity index (χ1v) is 15.4. The minimum Gasteiger partial charge on any atom is -0.492 e. The molecule has 0 amide bonds. The van der Waals surface area contributed by atoms with Crippen molar-refractivity contribution in [2.75, 3.05) is 26.2 Å². The maximum absolute atomic E-state index is 6.21. The maximum Gasteiger partial charge on any atom is 0.130 e. The fourth-order valence-corrected chi connectivity index (χ4v) is 7.15. The molecule has 1 aliphatic rings. The number of nitrogens with zero attached hydrogens (tertiary/aromatic N) is 2. The molecule has 4 heteroatoms. The Balaban J connectivity index is 1.27. The molecule has 4 rings (SSSR count). The molecule has 3 aromatic rings. The van der Waals surface area contributed by atoms with Crippen LogP contribution in [0.1, 0.15) is 105 Å². The molecule has 1 aliphatic heterocycles. The number of hydrogen-bond donors (Lipinski definition) is 0. The van der Waals surface area contributed by atoms with Crippen molar-refractivity contribution in [1.82, 2.24) is 9.88 Å². The second-order valence-corrected chi connectivity index (χ2v) is 14.2. The molecule has 222 valence electrons. The van der Waals surface area contributed by atoms with Crippen LogP contribution in [0.4, 0.5) is 0 Å². The molecule has 0 N–H and O–H groups in total. The van der Waals surface area contributed by atoms with Crippen LogP contribution in [0.15, 0.2) is 42.6 Å². The van der Waals surface area contributed by atoms with E-state index in [0.717, 1.165) is 56.3 Å². The Hall–Kier alpha value is -2.85. The van der Waals surface area contributed by atoms with Crippen LogP contribution < -0.4 is 9.47 Å². The van der Waals surface area contributed by atoms with E-state index in [9.17, 15) is 0 Å². The standard InChI is InChI=1S/C37H52N2O2/c1-25-19-32(20-26(2)34(25)36(5,6)7)40-18-17-39-15-12-29(13-16-39)30-11-14-38-31(23-30)24-41-33-21-27(3)35(28(4)22-33)37(8,9)10/h11,14,19-23,29H,12-13,15-18,24H2,1-10H3.